The number of alkyl halides is 3. The second-order valence-corrected chi connectivity index (χ2v) is 5.31. The van der Waals surface area contributed by atoms with E-state index in [9.17, 15) is 13.2 Å². The molecule has 0 radical (unpaired) electrons. The van der Waals surface area contributed by atoms with E-state index in [4.69, 9.17) is 5.73 Å². The SMILES string of the molecule is NC1(C2(c3ccc(C(F)(F)F)cc3)CC2)CC1. The van der Waals surface area contributed by atoms with Crippen LogP contribution < -0.4 is 5.73 Å². The summed E-state index contributed by atoms with van der Waals surface area (Å²) in [5.41, 5.74) is 6.44. The molecule has 2 N–H and O–H groups in total. The van der Waals surface area contributed by atoms with Gasteiger partial charge in [-0.05, 0) is 43.4 Å². The molecule has 0 saturated heterocycles. The van der Waals surface area contributed by atoms with Gasteiger partial charge in [-0.25, -0.2) is 0 Å². The molecule has 0 unspecified atom stereocenters. The van der Waals surface area contributed by atoms with Crippen LogP contribution in [0, 0.1) is 0 Å². The average Bonchev–Trinajstić information content (AvgIpc) is 3.12. The monoisotopic (exact) mass is 241 g/mol. The Hall–Kier alpha value is -1.03. The Kier molecular flexibility index (Phi) is 1.99. The van der Waals surface area contributed by atoms with Crippen LogP contribution in [-0.2, 0) is 11.6 Å². The number of benzene rings is 1. The molecule has 1 aromatic carbocycles. The third-order valence-corrected chi connectivity index (χ3v) is 4.26. The smallest absolute Gasteiger partial charge is 0.324 e. The molecule has 0 atom stereocenters. The van der Waals surface area contributed by atoms with E-state index in [0.717, 1.165) is 31.2 Å². The lowest BCUT2D eigenvalue weighted by atomic mass is 9.86. The van der Waals surface area contributed by atoms with Crippen LogP contribution >= 0.6 is 0 Å². The van der Waals surface area contributed by atoms with Gasteiger partial charge in [-0.3, -0.25) is 0 Å². The van der Waals surface area contributed by atoms with Gasteiger partial charge < -0.3 is 5.73 Å². The van der Waals surface area contributed by atoms with Gasteiger partial charge in [0.15, 0.2) is 0 Å². The molecule has 1 aromatic rings. The molecule has 2 fully saturated rings. The minimum atomic E-state index is -4.25. The van der Waals surface area contributed by atoms with Gasteiger partial charge in [-0.15, -0.1) is 0 Å². The molecule has 0 bridgehead atoms. The molecule has 0 amide bonds. The molecule has 0 aromatic heterocycles. The molecule has 3 rings (SSSR count). The van der Waals surface area contributed by atoms with Crippen LogP contribution in [0.3, 0.4) is 0 Å². The fourth-order valence-electron chi connectivity index (χ4n) is 2.79. The third-order valence-electron chi connectivity index (χ3n) is 4.26. The van der Waals surface area contributed by atoms with Gasteiger partial charge in [-0.2, -0.15) is 13.2 Å². The summed E-state index contributed by atoms with van der Waals surface area (Å²) in [5.74, 6) is 0. The molecule has 17 heavy (non-hydrogen) atoms. The highest BCUT2D eigenvalue weighted by molar-refractivity contribution is 5.42. The summed E-state index contributed by atoms with van der Waals surface area (Å²) in [6.45, 7) is 0. The van der Waals surface area contributed by atoms with Crippen LogP contribution in [-0.4, -0.2) is 5.54 Å². The largest absolute Gasteiger partial charge is 0.416 e. The average molecular weight is 241 g/mol. The summed E-state index contributed by atoms with van der Waals surface area (Å²) in [6.07, 6.45) is -0.249. The topological polar surface area (TPSA) is 26.0 Å². The molecule has 4 heteroatoms. The first-order valence-corrected chi connectivity index (χ1v) is 5.84. The predicted octanol–water partition coefficient (Wildman–Crippen LogP) is 3.23. The quantitative estimate of drug-likeness (QED) is 0.845. The molecule has 0 heterocycles. The lowest BCUT2D eigenvalue weighted by Crippen LogP contribution is -2.37. The van der Waals surface area contributed by atoms with Crippen LogP contribution in [0.1, 0.15) is 36.8 Å². The van der Waals surface area contributed by atoms with Crippen LogP contribution in [0.2, 0.25) is 0 Å². The second-order valence-electron chi connectivity index (χ2n) is 5.31. The van der Waals surface area contributed by atoms with E-state index in [1.807, 2.05) is 0 Å². The molecule has 0 aliphatic heterocycles. The van der Waals surface area contributed by atoms with Crippen molar-refractivity contribution in [2.45, 2.75) is 42.8 Å². The van der Waals surface area contributed by atoms with Crippen molar-refractivity contribution in [1.82, 2.24) is 0 Å². The van der Waals surface area contributed by atoms with E-state index in [0.29, 0.717) is 0 Å². The van der Waals surface area contributed by atoms with E-state index in [2.05, 4.69) is 0 Å². The number of rotatable bonds is 2. The minimum Gasteiger partial charge on any atom is -0.324 e. The zero-order chi connectivity index (χ0) is 12.3. The number of halogens is 3. The van der Waals surface area contributed by atoms with Crippen molar-refractivity contribution < 1.29 is 13.2 Å². The summed E-state index contributed by atoms with van der Waals surface area (Å²) in [7, 11) is 0. The second kappa shape index (κ2) is 3.05. The Morgan fingerprint density at radius 3 is 1.82 bits per heavy atom. The molecule has 0 spiro atoms. The maximum Gasteiger partial charge on any atom is 0.416 e. The minimum absolute atomic E-state index is 0.0306. The predicted molar refractivity (Wildman–Crippen MR) is 58.5 cm³/mol. The van der Waals surface area contributed by atoms with Crippen molar-refractivity contribution in [2.75, 3.05) is 0 Å². The van der Waals surface area contributed by atoms with Crippen LogP contribution in [0.15, 0.2) is 24.3 Å². The van der Waals surface area contributed by atoms with Crippen molar-refractivity contribution in [2.24, 2.45) is 5.73 Å². The summed E-state index contributed by atoms with van der Waals surface area (Å²) in [4.78, 5) is 0. The molecule has 1 nitrogen and oxygen atoms in total. The van der Waals surface area contributed by atoms with E-state index in [-0.39, 0.29) is 11.0 Å². The van der Waals surface area contributed by atoms with Gasteiger partial charge in [0.2, 0.25) is 0 Å². The Morgan fingerprint density at radius 1 is 0.941 bits per heavy atom. The molecule has 2 aliphatic rings. The highest BCUT2D eigenvalue weighted by Gasteiger charge is 2.63. The lowest BCUT2D eigenvalue weighted by Gasteiger charge is -2.23. The van der Waals surface area contributed by atoms with Crippen molar-refractivity contribution in [3.63, 3.8) is 0 Å². The van der Waals surface area contributed by atoms with Gasteiger partial charge in [0.1, 0.15) is 0 Å². The fraction of sp³-hybridized carbons (Fsp3) is 0.538. The highest BCUT2D eigenvalue weighted by Crippen LogP contribution is 2.63. The summed E-state index contributed by atoms with van der Waals surface area (Å²) < 4.78 is 37.4. The van der Waals surface area contributed by atoms with Crippen LogP contribution in [0.4, 0.5) is 13.2 Å². The first-order chi connectivity index (χ1) is 7.87. The fourth-order valence-corrected chi connectivity index (χ4v) is 2.79. The number of hydrogen-bond acceptors (Lipinski definition) is 1. The van der Waals surface area contributed by atoms with Gasteiger partial charge in [0, 0.05) is 11.0 Å². The Balaban J connectivity index is 1.91. The van der Waals surface area contributed by atoms with Gasteiger partial charge in [-0.1, -0.05) is 12.1 Å². The van der Waals surface area contributed by atoms with Gasteiger partial charge >= 0.3 is 6.18 Å². The summed E-state index contributed by atoms with van der Waals surface area (Å²) in [5, 5.41) is 0. The molecule has 92 valence electrons. The zero-order valence-corrected chi connectivity index (χ0v) is 9.35. The van der Waals surface area contributed by atoms with Crippen molar-refractivity contribution >= 4 is 0 Å². The van der Waals surface area contributed by atoms with Gasteiger partial charge in [0.05, 0.1) is 5.56 Å². The van der Waals surface area contributed by atoms with Crippen molar-refractivity contribution in [1.29, 1.82) is 0 Å². The van der Waals surface area contributed by atoms with Crippen LogP contribution in [0.25, 0.3) is 0 Å². The number of hydrogen-bond donors (Lipinski definition) is 1. The third kappa shape index (κ3) is 1.58. The number of nitrogens with two attached hydrogens (primary N) is 1. The normalized spacial score (nSPS) is 24.5. The standard InChI is InChI=1S/C13H14F3N/c14-13(15,16)10-3-1-9(2-4-10)11(5-6-11)12(17)7-8-12/h1-4H,5-8,17H2. The first-order valence-electron chi connectivity index (χ1n) is 5.84. The van der Waals surface area contributed by atoms with E-state index >= 15 is 0 Å². The van der Waals surface area contributed by atoms with Crippen molar-refractivity contribution in [3.8, 4) is 0 Å². The van der Waals surface area contributed by atoms with E-state index < -0.39 is 11.7 Å². The molecule has 2 saturated carbocycles. The van der Waals surface area contributed by atoms with E-state index in [1.54, 1.807) is 12.1 Å². The lowest BCUT2D eigenvalue weighted by molar-refractivity contribution is -0.137. The molecule has 2 aliphatic carbocycles. The summed E-state index contributed by atoms with van der Waals surface area (Å²) >= 11 is 0. The van der Waals surface area contributed by atoms with Gasteiger partial charge in [0.25, 0.3) is 0 Å². The molecular formula is C13H14F3N. The Labute approximate surface area is 97.8 Å². The van der Waals surface area contributed by atoms with Crippen molar-refractivity contribution in [3.05, 3.63) is 35.4 Å². The maximum absolute atomic E-state index is 12.5. The first kappa shape index (κ1) is 11.1. The summed E-state index contributed by atoms with van der Waals surface area (Å²) in [6, 6.07) is 5.54. The van der Waals surface area contributed by atoms with Crippen LogP contribution in [0.5, 0.6) is 0 Å². The zero-order valence-electron chi connectivity index (χ0n) is 9.35. The van der Waals surface area contributed by atoms with E-state index in [1.165, 1.54) is 12.1 Å². The Bertz CT molecular complexity index is 439. The highest BCUT2D eigenvalue weighted by atomic mass is 19.4. The Morgan fingerprint density at radius 2 is 1.47 bits per heavy atom. The molecular weight excluding hydrogens is 227 g/mol. The maximum atomic E-state index is 12.5.